The van der Waals surface area contributed by atoms with Crippen LogP contribution >= 0.6 is 11.3 Å². The monoisotopic (exact) mass is 724 g/mol. The highest BCUT2D eigenvalue weighted by atomic mass is 32.1. The van der Waals surface area contributed by atoms with Gasteiger partial charge in [-0.2, -0.15) is 0 Å². The minimum absolute atomic E-state index is 0.254. The van der Waals surface area contributed by atoms with Gasteiger partial charge in [0.1, 0.15) is 28.1 Å². The van der Waals surface area contributed by atoms with E-state index in [0.717, 1.165) is 77.7 Å². The molecule has 12 rings (SSSR count). The predicted octanol–water partition coefficient (Wildman–Crippen LogP) is 14.7. The summed E-state index contributed by atoms with van der Waals surface area (Å²) in [7, 11) is 0. The number of benzene rings is 7. The molecule has 0 saturated heterocycles. The Kier molecular flexibility index (Phi) is 6.24. The molecule has 4 nitrogen and oxygen atoms in total. The number of hydrogen-bond donors (Lipinski definition) is 0. The van der Waals surface area contributed by atoms with E-state index in [-0.39, 0.29) is 5.41 Å². The average Bonchev–Trinajstić information content (AvgIpc) is 3.96. The van der Waals surface area contributed by atoms with Gasteiger partial charge in [0.15, 0.2) is 0 Å². The van der Waals surface area contributed by atoms with E-state index in [4.69, 9.17) is 13.8 Å². The van der Waals surface area contributed by atoms with E-state index < -0.39 is 0 Å². The first-order valence-electron chi connectivity index (χ1n) is 18.7. The molecule has 5 heteroatoms. The Morgan fingerprint density at radius 2 is 1.15 bits per heavy atom. The number of hydrogen-bond acceptors (Lipinski definition) is 5. The maximum Gasteiger partial charge on any atom is 0.143 e. The molecule has 4 heterocycles. The highest BCUT2D eigenvalue weighted by Crippen LogP contribution is 2.52. The summed E-state index contributed by atoms with van der Waals surface area (Å²) in [4.78, 5) is 7.71. The fourth-order valence-corrected chi connectivity index (χ4v) is 10.0. The van der Waals surface area contributed by atoms with Crippen LogP contribution in [0.25, 0.3) is 86.4 Å². The first-order chi connectivity index (χ1) is 27.0. The minimum Gasteiger partial charge on any atom is -0.456 e. The summed E-state index contributed by atoms with van der Waals surface area (Å²) in [5.41, 5.74) is 13.9. The Bertz CT molecular complexity index is 3270. The number of para-hydroxylation sites is 3. The maximum atomic E-state index is 6.47. The molecule has 1 aliphatic rings. The number of pyridine rings is 1. The quantitative estimate of drug-likeness (QED) is 0.181. The molecule has 0 saturated carbocycles. The lowest BCUT2D eigenvalue weighted by Crippen LogP contribution is -2.17. The summed E-state index contributed by atoms with van der Waals surface area (Å²) in [6, 6.07) is 56.3. The largest absolute Gasteiger partial charge is 0.456 e. The molecule has 7 aromatic carbocycles. The summed E-state index contributed by atoms with van der Waals surface area (Å²) < 4.78 is 15.2. The van der Waals surface area contributed by atoms with Gasteiger partial charge in [-0.05, 0) is 94.5 Å². The van der Waals surface area contributed by atoms with Crippen LogP contribution < -0.4 is 4.90 Å². The van der Waals surface area contributed by atoms with Gasteiger partial charge >= 0.3 is 0 Å². The molecule has 0 radical (unpaired) electrons. The Balaban J connectivity index is 1.02. The van der Waals surface area contributed by atoms with Crippen LogP contribution in [0.4, 0.5) is 17.2 Å². The van der Waals surface area contributed by atoms with Crippen molar-refractivity contribution >= 4 is 92.7 Å². The molecular weight excluding hydrogens is 693 g/mol. The average molecular weight is 725 g/mol. The molecule has 55 heavy (non-hydrogen) atoms. The van der Waals surface area contributed by atoms with Crippen LogP contribution in [0.15, 0.2) is 167 Å². The van der Waals surface area contributed by atoms with Crippen molar-refractivity contribution in [2.24, 2.45) is 0 Å². The molecule has 0 fully saturated rings. The molecule has 0 spiro atoms. The zero-order valence-electron chi connectivity index (χ0n) is 30.1. The van der Waals surface area contributed by atoms with Crippen LogP contribution in [0.5, 0.6) is 0 Å². The van der Waals surface area contributed by atoms with Crippen LogP contribution in [0.3, 0.4) is 0 Å². The van der Waals surface area contributed by atoms with Gasteiger partial charge in [0.25, 0.3) is 0 Å². The Hall–Kier alpha value is -6.69. The van der Waals surface area contributed by atoms with Gasteiger partial charge in [0.05, 0.1) is 10.2 Å². The van der Waals surface area contributed by atoms with Crippen molar-refractivity contribution in [3.05, 3.63) is 169 Å². The van der Waals surface area contributed by atoms with Crippen LogP contribution in [-0.4, -0.2) is 4.98 Å². The van der Waals surface area contributed by atoms with Gasteiger partial charge < -0.3 is 8.83 Å². The van der Waals surface area contributed by atoms with E-state index >= 15 is 0 Å². The molecule has 260 valence electrons. The van der Waals surface area contributed by atoms with Crippen LogP contribution in [-0.2, 0) is 5.41 Å². The first-order valence-corrected chi connectivity index (χ1v) is 19.5. The summed E-state index contributed by atoms with van der Waals surface area (Å²) >= 11 is 1.79. The van der Waals surface area contributed by atoms with Crippen molar-refractivity contribution in [3.8, 4) is 22.3 Å². The van der Waals surface area contributed by atoms with Gasteiger partial charge in [-0.25, -0.2) is 4.98 Å². The number of anilines is 3. The lowest BCUT2D eigenvalue weighted by Gasteiger charge is -2.27. The maximum absolute atomic E-state index is 6.47. The number of fused-ring (bicyclic) bond motifs is 12. The lowest BCUT2D eigenvalue weighted by atomic mass is 9.81. The lowest BCUT2D eigenvalue weighted by molar-refractivity contribution is 0.660. The van der Waals surface area contributed by atoms with Crippen molar-refractivity contribution in [1.29, 1.82) is 0 Å². The van der Waals surface area contributed by atoms with E-state index in [1.807, 2.05) is 24.3 Å². The molecule has 1 aliphatic carbocycles. The second-order valence-corrected chi connectivity index (χ2v) is 16.2. The molecule has 0 amide bonds. The van der Waals surface area contributed by atoms with Crippen LogP contribution in [0.2, 0.25) is 0 Å². The van der Waals surface area contributed by atoms with Gasteiger partial charge in [-0.3, -0.25) is 4.90 Å². The van der Waals surface area contributed by atoms with Gasteiger partial charge in [-0.15, -0.1) is 11.3 Å². The third-order valence-corrected chi connectivity index (χ3v) is 12.8. The van der Waals surface area contributed by atoms with Crippen molar-refractivity contribution in [3.63, 3.8) is 0 Å². The second kappa shape index (κ2) is 11.2. The molecule has 0 N–H and O–H groups in total. The van der Waals surface area contributed by atoms with Crippen molar-refractivity contribution in [2.75, 3.05) is 4.90 Å². The normalized spacial score (nSPS) is 13.4. The van der Waals surface area contributed by atoms with Crippen LogP contribution in [0.1, 0.15) is 25.0 Å². The van der Waals surface area contributed by atoms with Gasteiger partial charge in [-0.1, -0.05) is 105 Å². The van der Waals surface area contributed by atoms with E-state index in [2.05, 4.69) is 152 Å². The first kappa shape index (κ1) is 30.7. The van der Waals surface area contributed by atoms with Gasteiger partial charge in [0.2, 0.25) is 0 Å². The Morgan fingerprint density at radius 3 is 2.00 bits per heavy atom. The molecular formula is C50H32N2O2S. The predicted molar refractivity (Wildman–Crippen MR) is 229 cm³/mol. The summed E-state index contributed by atoms with van der Waals surface area (Å²) in [5.74, 6) is 0.873. The summed E-state index contributed by atoms with van der Waals surface area (Å²) in [5, 5.41) is 5.66. The van der Waals surface area contributed by atoms with E-state index in [0.29, 0.717) is 0 Å². The number of thiophene rings is 1. The fourth-order valence-electron chi connectivity index (χ4n) is 8.98. The fraction of sp³-hybridized carbons (Fsp3) is 0.0600. The number of aromatic nitrogens is 1. The number of furan rings is 2. The van der Waals surface area contributed by atoms with Crippen molar-refractivity contribution in [1.82, 2.24) is 4.98 Å². The highest BCUT2D eigenvalue weighted by molar-refractivity contribution is 7.25. The van der Waals surface area contributed by atoms with E-state index in [1.165, 1.54) is 37.0 Å². The summed E-state index contributed by atoms with van der Waals surface area (Å²) in [6.45, 7) is 4.70. The SMILES string of the molecule is CC1(C)c2cc(-c3cccc4c3oc3ccccc34)ccc2-c2ccc(N(c3ccc4oc5ccccc5c4c3)c3ccc4sc5ccccc5c4n3)cc21. The standard InChI is InChI=1S/C50H32N2O2S/c1-50(2)40-26-29(32-13-9-14-37-35-10-3-7-16-43(35)54-49(32)37)18-21-33(40)34-22-19-31(28-41(34)50)52(30-20-23-44-39(27-30)36-11-4-6-15-42(36)53-44)47-25-24-46-48(51-47)38-12-5-8-17-45(38)55-46/h3-28H,1-2H3. The molecule has 11 aromatic rings. The van der Waals surface area contributed by atoms with Gasteiger partial charge in [0, 0.05) is 54.0 Å². The Labute approximate surface area is 320 Å². The number of nitrogens with zero attached hydrogens (tertiary/aromatic N) is 2. The van der Waals surface area contributed by atoms with Crippen LogP contribution in [0, 0.1) is 0 Å². The highest BCUT2D eigenvalue weighted by Gasteiger charge is 2.36. The third-order valence-electron chi connectivity index (χ3n) is 11.7. The Morgan fingerprint density at radius 1 is 0.491 bits per heavy atom. The number of rotatable bonds is 4. The van der Waals surface area contributed by atoms with E-state index in [9.17, 15) is 0 Å². The molecule has 0 atom stereocenters. The molecule has 0 unspecified atom stereocenters. The molecule has 0 bridgehead atoms. The minimum atomic E-state index is -0.254. The zero-order valence-corrected chi connectivity index (χ0v) is 30.9. The molecule has 0 aliphatic heterocycles. The smallest absolute Gasteiger partial charge is 0.143 e. The summed E-state index contributed by atoms with van der Waals surface area (Å²) in [6.07, 6.45) is 0. The second-order valence-electron chi connectivity index (χ2n) is 15.1. The van der Waals surface area contributed by atoms with Crippen molar-refractivity contribution < 1.29 is 8.83 Å². The third kappa shape index (κ3) is 4.42. The van der Waals surface area contributed by atoms with Crippen molar-refractivity contribution in [2.45, 2.75) is 19.3 Å². The molecule has 4 aromatic heterocycles. The topological polar surface area (TPSA) is 42.4 Å². The zero-order chi connectivity index (χ0) is 36.4. The van der Waals surface area contributed by atoms with E-state index in [1.54, 1.807) is 11.3 Å².